The predicted molar refractivity (Wildman–Crippen MR) is 94.2 cm³/mol. The van der Waals surface area contributed by atoms with Crippen LogP contribution in [-0.4, -0.2) is 21.3 Å². The highest BCUT2D eigenvalue weighted by Crippen LogP contribution is 2.40. The first-order valence-corrected chi connectivity index (χ1v) is 8.63. The number of benzene rings is 1. The van der Waals surface area contributed by atoms with Gasteiger partial charge >= 0.3 is 0 Å². The van der Waals surface area contributed by atoms with Crippen molar-refractivity contribution in [1.29, 1.82) is 0 Å². The molecule has 4 rings (SSSR count). The van der Waals surface area contributed by atoms with E-state index in [1.165, 1.54) is 0 Å². The zero-order valence-electron chi connectivity index (χ0n) is 14.7. The van der Waals surface area contributed by atoms with Gasteiger partial charge in [0, 0.05) is 17.4 Å². The quantitative estimate of drug-likeness (QED) is 0.754. The van der Waals surface area contributed by atoms with Crippen LogP contribution in [0.3, 0.4) is 0 Å². The third kappa shape index (κ3) is 3.04. The average molecular weight is 338 g/mol. The Balaban J connectivity index is 1.65. The standard InChI is InChI=1S/C19H22N4O2/c1-19(2,3)17(12-5-4-6-14-13(12)10-20-22-14)21-18(24)15-9-16(25-23-15)11-7-8-11/h4-6,9-11,17H,7-8H2,1-3H3,(H,20,22)(H,21,24). The Morgan fingerprint density at radius 3 is 2.88 bits per heavy atom. The number of rotatable bonds is 4. The molecule has 2 N–H and O–H groups in total. The molecule has 0 radical (unpaired) electrons. The summed E-state index contributed by atoms with van der Waals surface area (Å²) in [4.78, 5) is 12.7. The van der Waals surface area contributed by atoms with Crippen molar-refractivity contribution < 1.29 is 9.32 Å². The highest BCUT2D eigenvalue weighted by Gasteiger charge is 2.32. The molecule has 0 saturated heterocycles. The normalized spacial score (nSPS) is 16.1. The van der Waals surface area contributed by atoms with E-state index in [9.17, 15) is 4.79 Å². The summed E-state index contributed by atoms with van der Waals surface area (Å²) in [6, 6.07) is 7.58. The number of nitrogens with zero attached hydrogens (tertiary/aromatic N) is 2. The minimum Gasteiger partial charge on any atom is -0.360 e. The highest BCUT2D eigenvalue weighted by molar-refractivity contribution is 5.93. The van der Waals surface area contributed by atoms with Gasteiger partial charge in [0.1, 0.15) is 5.76 Å². The molecule has 6 heteroatoms. The van der Waals surface area contributed by atoms with Crippen LogP contribution in [0, 0.1) is 5.41 Å². The first-order chi connectivity index (χ1) is 11.9. The van der Waals surface area contributed by atoms with Crippen molar-refractivity contribution >= 4 is 16.8 Å². The molecule has 2 aromatic heterocycles. The van der Waals surface area contributed by atoms with Crippen LogP contribution in [0.4, 0.5) is 0 Å². The third-order valence-corrected chi connectivity index (χ3v) is 4.71. The smallest absolute Gasteiger partial charge is 0.273 e. The second kappa shape index (κ2) is 5.72. The van der Waals surface area contributed by atoms with E-state index in [1.54, 1.807) is 12.3 Å². The van der Waals surface area contributed by atoms with E-state index in [2.05, 4.69) is 41.4 Å². The largest absolute Gasteiger partial charge is 0.360 e. The van der Waals surface area contributed by atoms with E-state index in [0.717, 1.165) is 35.1 Å². The highest BCUT2D eigenvalue weighted by atomic mass is 16.5. The summed E-state index contributed by atoms with van der Waals surface area (Å²) in [5.41, 5.74) is 2.16. The van der Waals surface area contributed by atoms with Crippen molar-refractivity contribution in [2.75, 3.05) is 0 Å². The summed E-state index contributed by atoms with van der Waals surface area (Å²) in [5, 5.41) is 15.2. The van der Waals surface area contributed by atoms with Gasteiger partial charge < -0.3 is 9.84 Å². The van der Waals surface area contributed by atoms with Crippen LogP contribution in [0.15, 0.2) is 35.0 Å². The van der Waals surface area contributed by atoms with Gasteiger partial charge in [-0.2, -0.15) is 5.10 Å². The zero-order valence-corrected chi connectivity index (χ0v) is 14.7. The molecule has 1 aromatic carbocycles. The number of hydrogen-bond donors (Lipinski definition) is 2. The number of nitrogens with one attached hydrogen (secondary N) is 2. The molecule has 1 unspecified atom stereocenters. The van der Waals surface area contributed by atoms with Crippen LogP contribution in [-0.2, 0) is 0 Å². The molecule has 2 heterocycles. The summed E-state index contributed by atoms with van der Waals surface area (Å²) in [7, 11) is 0. The Bertz CT molecular complexity index is 915. The lowest BCUT2D eigenvalue weighted by Crippen LogP contribution is -2.36. The van der Waals surface area contributed by atoms with Gasteiger partial charge in [0.2, 0.25) is 0 Å². The van der Waals surface area contributed by atoms with Gasteiger partial charge in [-0.05, 0) is 29.9 Å². The molecule has 6 nitrogen and oxygen atoms in total. The fraction of sp³-hybridized carbons (Fsp3) is 0.421. The lowest BCUT2D eigenvalue weighted by Gasteiger charge is -2.32. The number of amides is 1. The van der Waals surface area contributed by atoms with Crippen molar-refractivity contribution in [2.45, 2.75) is 45.6 Å². The van der Waals surface area contributed by atoms with E-state index < -0.39 is 0 Å². The Morgan fingerprint density at radius 1 is 1.36 bits per heavy atom. The maximum absolute atomic E-state index is 12.7. The van der Waals surface area contributed by atoms with Gasteiger partial charge in [-0.25, -0.2) is 0 Å². The SMILES string of the molecule is CC(C)(C)C(NC(=O)c1cc(C2CC2)on1)c1cccc2[nH]ncc12. The van der Waals surface area contributed by atoms with E-state index in [-0.39, 0.29) is 17.4 Å². The van der Waals surface area contributed by atoms with E-state index >= 15 is 0 Å². The average Bonchev–Trinajstić information content (AvgIpc) is 3.10. The van der Waals surface area contributed by atoms with Gasteiger partial charge in [-0.15, -0.1) is 0 Å². The minimum atomic E-state index is -0.212. The van der Waals surface area contributed by atoms with Gasteiger partial charge in [-0.1, -0.05) is 38.1 Å². The van der Waals surface area contributed by atoms with Crippen LogP contribution in [0.5, 0.6) is 0 Å². The molecule has 3 aromatic rings. The van der Waals surface area contributed by atoms with Crippen molar-refractivity contribution in [3.8, 4) is 0 Å². The number of aromatic nitrogens is 3. The van der Waals surface area contributed by atoms with Crippen molar-refractivity contribution in [1.82, 2.24) is 20.7 Å². The molecule has 0 aliphatic heterocycles. The number of carbonyl (C=O) groups excluding carboxylic acids is 1. The molecule has 1 aliphatic rings. The molecule has 130 valence electrons. The molecule has 0 bridgehead atoms. The first-order valence-electron chi connectivity index (χ1n) is 8.63. The summed E-state index contributed by atoms with van der Waals surface area (Å²) >= 11 is 0. The van der Waals surface area contributed by atoms with Crippen LogP contribution in [0.25, 0.3) is 10.9 Å². The Hall–Kier alpha value is -2.63. The number of aromatic amines is 1. The van der Waals surface area contributed by atoms with Crippen molar-refractivity contribution in [3.05, 3.63) is 47.5 Å². The topological polar surface area (TPSA) is 83.8 Å². The van der Waals surface area contributed by atoms with Crippen LogP contribution in [0.1, 0.15) is 67.4 Å². The minimum absolute atomic E-state index is 0.176. The Kier molecular flexibility index (Phi) is 3.63. The summed E-state index contributed by atoms with van der Waals surface area (Å²) in [5.74, 6) is 1.04. The Labute approximate surface area is 146 Å². The van der Waals surface area contributed by atoms with E-state index in [0.29, 0.717) is 11.6 Å². The monoisotopic (exact) mass is 338 g/mol. The number of carbonyl (C=O) groups is 1. The molecule has 1 atom stereocenters. The second-order valence-corrected chi connectivity index (χ2v) is 7.84. The van der Waals surface area contributed by atoms with E-state index in [1.807, 2.05) is 18.2 Å². The molecular weight excluding hydrogens is 316 g/mol. The first kappa shape index (κ1) is 15.9. The van der Waals surface area contributed by atoms with Gasteiger partial charge in [0.15, 0.2) is 5.69 Å². The Morgan fingerprint density at radius 2 is 2.16 bits per heavy atom. The molecule has 1 saturated carbocycles. The number of hydrogen-bond acceptors (Lipinski definition) is 4. The third-order valence-electron chi connectivity index (χ3n) is 4.71. The maximum Gasteiger partial charge on any atom is 0.273 e. The van der Waals surface area contributed by atoms with E-state index in [4.69, 9.17) is 4.52 Å². The summed E-state index contributed by atoms with van der Waals surface area (Å²) in [6.07, 6.45) is 4.03. The maximum atomic E-state index is 12.7. The lowest BCUT2D eigenvalue weighted by atomic mass is 9.81. The molecular formula is C19H22N4O2. The van der Waals surface area contributed by atoms with Crippen molar-refractivity contribution in [3.63, 3.8) is 0 Å². The molecule has 1 aliphatic carbocycles. The zero-order chi connectivity index (χ0) is 17.6. The number of H-pyrrole nitrogens is 1. The molecule has 25 heavy (non-hydrogen) atoms. The van der Waals surface area contributed by atoms with Crippen LogP contribution >= 0.6 is 0 Å². The molecule has 1 fully saturated rings. The van der Waals surface area contributed by atoms with Gasteiger partial charge in [0.05, 0.1) is 17.8 Å². The van der Waals surface area contributed by atoms with Crippen LogP contribution < -0.4 is 5.32 Å². The fourth-order valence-electron chi connectivity index (χ4n) is 3.17. The molecule has 1 amide bonds. The van der Waals surface area contributed by atoms with Gasteiger partial charge in [0.25, 0.3) is 5.91 Å². The predicted octanol–water partition coefficient (Wildman–Crippen LogP) is 3.95. The van der Waals surface area contributed by atoms with Crippen LogP contribution in [0.2, 0.25) is 0 Å². The lowest BCUT2D eigenvalue weighted by molar-refractivity contribution is 0.0893. The second-order valence-electron chi connectivity index (χ2n) is 7.84. The molecule has 0 spiro atoms. The fourth-order valence-corrected chi connectivity index (χ4v) is 3.17. The summed E-state index contributed by atoms with van der Waals surface area (Å²) in [6.45, 7) is 6.32. The number of fused-ring (bicyclic) bond motifs is 1. The van der Waals surface area contributed by atoms with Crippen molar-refractivity contribution in [2.24, 2.45) is 5.41 Å². The van der Waals surface area contributed by atoms with Gasteiger partial charge in [-0.3, -0.25) is 9.89 Å². The summed E-state index contributed by atoms with van der Waals surface area (Å²) < 4.78 is 5.31.